The second kappa shape index (κ2) is 8.61. The maximum atomic E-state index is 13.1. The number of halogens is 1. The van der Waals surface area contributed by atoms with Crippen LogP contribution in [0.4, 0.5) is 10.1 Å². The predicted octanol–water partition coefficient (Wildman–Crippen LogP) is 4.79. The van der Waals surface area contributed by atoms with E-state index in [9.17, 15) is 9.18 Å². The van der Waals surface area contributed by atoms with Crippen molar-refractivity contribution in [3.63, 3.8) is 0 Å². The number of aromatic nitrogens is 1. The highest BCUT2D eigenvalue weighted by molar-refractivity contribution is 7.99. The van der Waals surface area contributed by atoms with Crippen LogP contribution in [0.2, 0.25) is 0 Å². The van der Waals surface area contributed by atoms with Gasteiger partial charge in [-0.2, -0.15) is 0 Å². The highest BCUT2D eigenvalue weighted by atomic mass is 32.2. The fourth-order valence-corrected chi connectivity index (χ4v) is 3.88. The summed E-state index contributed by atoms with van der Waals surface area (Å²) in [4.78, 5) is 19.8. The molecule has 0 bridgehead atoms. The maximum Gasteiger partial charge on any atom is 0.254 e. The third-order valence-electron chi connectivity index (χ3n) is 4.59. The summed E-state index contributed by atoms with van der Waals surface area (Å²) in [6, 6.07) is 12.2. The Morgan fingerprint density at radius 3 is 2.54 bits per heavy atom. The average molecular weight is 398 g/mol. The molecule has 3 rings (SSSR count). The quantitative estimate of drug-likeness (QED) is 0.608. The second-order valence-electron chi connectivity index (χ2n) is 6.75. The standard InChI is InChI=1S/C22H24FN3OS/c1-5-28-22-20(21(27)24-13-15-6-8-16(23)9-7-15)14(2)18-11-10-17(26(3)4)12-19(18)25-22/h6-12H,5,13H2,1-4H3,(H,24,27). The van der Waals surface area contributed by atoms with Gasteiger partial charge in [-0.25, -0.2) is 9.37 Å². The van der Waals surface area contributed by atoms with E-state index >= 15 is 0 Å². The van der Waals surface area contributed by atoms with Crippen molar-refractivity contribution in [2.45, 2.75) is 25.4 Å². The molecule has 3 aromatic rings. The van der Waals surface area contributed by atoms with Crippen LogP contribution >= 0.6 is 11.8 Å². The third kappa shape index (κ3) is 4.28. The molecule has 0 radical (unpaired) electrons. The first-order chi connectivity index (χ1) is 13.4. The van der Waals surface area contributed by atoms with Crippen LogP contribution in [0.3, 0.4) is 0 Å². The van der Waals surface area contributed by atoms with Crippen molar-refractivity contribution in [2.24, 2.45) is 0 Å². The maximum absolute atomic E-state index is 13.1. The van der Waals surface area contributed by atoms with Crippen molar-refractivity contribution in [3.8, 4) is 0 Å². The van der Waals surface area contributed by atoms with Gasteiger partial charge in [-0.3, -0.25) is 4.79 Å². The number of fused-ring (bicyclic) bond motifs is 1. The summed E-state index contributed by atoms with van der Waals surface area (Å²) in [7, 11) is 3.99. The summed E-state index contributed by atoms with van der Waals surface area (Å²) in [6.45, 7) is 4.35. The molecule has 1 heterocycles. The summed E-state index contributed by atoms with van der Waals surface area (Å²) in [5.41, 5.74) is 4.33. The number of carbonyl (C=O) groups is 1. The molecule has 1 aromatic heterocycles. The van der Waals surface area contributed by atoms with Gasteiger partial charge in [0.25, 0.3) is 5.91 Å². The van der Waals surface area contributed by atoms with Crippen molar-refractivity contribution in [3.05, 3.63) is 65.0 Å². The highest BCUT2D eigenvalue weighted by Crippen LogP contribution is 2.31. The van der Waals surface area contributed by atoms with Gasteiger partial charge in [0.1, 0.15) is 10.8 Å². The van der Waals surface area contributed by atoms with Gasteiger partial charge < -0.3 is 10.2 Å². The van der Waals surface area contributed by atoms with Crippen molar-refractivity contribution in [2.75, 3.05) is 24.7 Å². The minimum Gasteiger partial charge on any atom is -0.378 e. The summed E-state index contributed by atoms with van der Waals surface area (Å²) < 4.78 is 13.1. The van der Waals surface area contributed by atoms with Gasteiger partial charge in [0, 0.05) is 31.7 Å². The first kappa shape index (κ1) is 20.1. The second-order valence-corrected chi connectivity index (χ2v) is 8.01. The van der Waals surface area contributed by atoms with Crippen LogP contribution < -0.4 is 10.2 Å². The summed E-state index contributed by atoms with van der Waals surface area (Å²) in [5, 5.41) is 4.65. The van der Waals surface area contributed by atoms with Gasteiger partial charge in [0.15, 0.2) is 0 Å². The van der Waals surface area contributed by atoms with E-state index in [0.29, 0.717) is 12.1 Å². The van der Waals surface area contributed by atoms with Crippen molar-refractivity contribution in [1.82, 2.24) is 10.3 Å². The topological polar surface area (TPSA) is 45.2 Å². The zero-order chi connectivity index (χ0) is 20.3. The van der Waals surface area contributed by atoms with Crippen LogP contribution in [-0.4, -0.2) is 30.7 Å². The zero-order valence-corrected chi connectivity index (χ0v) is 17.4. The van der Waals surface area contributed by atoms with E-state index in [0.717, 1.165) is 38.5 Å². The molecule has 0 fully saturated rings. The van der Waals surface area contributed by atoms with E-state index in [1.54, 1.807) is 23.9 Å². The van der Waals surface area contributed by atoms with Gasteiger partial charge in [-0.1, -0.05) is 25.1 Å². The monoisotopic (exact) mass is 397 g/mol. The lowest BCUT2D eigenvalue weighted by Gasteiger charge is -2.17. The Balaban J connectivity index is 1.96. The predicted molar refractivity (Wildman–Crippen MR) is 115 cm³/mol. The van der Waals surface area contributed by atoms with Gasteiger partial charge >= 0.3 is 0 Å². The molecule has 2 aromatic carbocycles. The number of aryl methyl sites for hydroxylation is 1. The Morgan fingerprint density at radius 1 is 1.18 bits per heavy atom. The van der Waals surface area contributed by atoms with Crippen LogP contribution in [0.15, 0.2) is 47.5 Å². The van der Waals surface area contributed by atoms with E-state index in [1.807, 2.05) is 51.0 Å². The van der Waals surface area contributed by atoms with Crippen LogP contribution in [-0.2, 0) is 6.54 Å². The lowest BCUT2D eigenvalue weighted by atomic mass is 10.0. The van der Waals surface area contributed by atoms with Crippen LogP contribution in [0, 0.1) is 12.7 Å². The number of nitrogens with one attached hydrogen (secondary N) is 1. The van der Waals surface area contributed by atoms with Crippen molar-refractivity contribution in [1.29, 1.82) is 0 Å². The SMILES string of the molecule is CCSc1nc2cc(N(C)C)ccc2c(C)c1C(=O)NCc1ccc(F)cc1. The Kier molecular flexibility index (Phi) is 6.19. The molecule has 0 aliphatic heterocycles. The molecule has 28 heavy (non-hydrogen) atoms. The lowest BCUT2D eigenvalue weighted by molar-refractivity contribution is 0.0947. The normalized spacial score (nSPS) is 10.9. The van der Waals surface area contributed by atoms with Crippen LogP contribution in [0.25, 0.3) is 10.9 Å². The summed E-state index contributed by atoms with van der Waals surface area (Å²) >= 11 is 1.56. The number of benzene rings is 2. The van der Waals surface area contributed by atoms with Crippen molar-refractivity contribution >= 4 is 34.3 Å². The molecule has 0 atom stereocenters. The highest BCUT2D eigenvalue weighted by Gasteiger charge is 2.19. The number of amides is 1. The average Bonchev–Trinajstić information content (AvgIpc) is 2.67. The molecule has 6 heteroatoms. The number of thioether (sulfide) groups is 1. The first-order valence-corrected chi connectivity index (χ1v) is 10.2. The molecule has 0 aliphatic carbocycles. The van der Waals surface area contributed by atoms with Crippen LogP contribution in [0.5, 0.6) is 0 Å². The molecule has 0 unspecified atom stereocenters. The molecular formula is C22H24FN3OS. The minimum absolute atomic E-state index is 0.163. The molecule has 0 spiro atoms. The Hall–Kier alpha value is -2.60. The Morgan fingerprint density at radius 2 is 1.89 bits per heavy atom. The Bertz CT molecular complexity index is 1000. The number of anilines is 1. The fourth-order valence-electron chi connectivity index (χ4n) is 3.05. The number of hydrogen-bond donors (Lipinski definition) is 1. The van der Waals surface area contributed by atoms with Crippen molar-refractivity contribution < 1.29 is 9.18 Å². The lowest BCUT2D eigenvalue weighted by Crippen LogP contribution is -2.25. The van der Waals surface area contributed by atoms with E-state index in [-0.39, 0.29) is 11.7 Å². The van der Waals surface area contributed by atoms with E-state index in [4.69, 9.17) is 4.98 Å². The molecule has 1 N–H and O–H groups in total. The zero-order valence-electron chi connectivity index (χ0n) is 16.5. The summed E-state index contributed by atoms with van der Waals surface area (Å²) in [5.74, 6) is 0.371. The van der Waals surface area contributed by atoms with E-state index in [1.165, 1.54) is 12.1 Å². The van der Waals surface area contributed by atoms with Gasteiger partial charge in [0.05, 0.1) is 11.1 Å². The number of hydrogen-bond acceptors (Lipinski definition) is 4. The summed E-state index contributed by atoms with van der Waals surface area (Å²) in [6.07, 6.45) is 0. The van der Waals surface area contributed by atoms with Crippen LogP contribution in [0.1, 0.15) is 28.4 Å². The molecule has 4 nitrogen and oxygen atoms in total. The smallest absolute Gasteiger partial charge is 0.254 e. The largest absolute Gasteiger partial charge is 0.378 e. The molecular weight excluding hydrogens is 373 g/mol. The van der Waals surface area contributed by atoms with E-state index in [2.05, 4.69) is 5.32 Å². The third-order valence-corrected chi connectivity index (χ3v) is 5.44. The van der Waals surface area contributed by atoms with Gasteiger partial charge in [-0.05, 0) is 48.1 Å². The number of carbonyl (C=O) groups excluding carboxylic acids is 1. The van der Waals surface area contributed by atoms with Gasteiger partial charge in [0.2, 0.25) is 0 Å². The molecule has 0 saturated carbocycles. The van der Waals surface area contributed by atoms with Gasteiger partial charge in [-0.15, -0.1) is 11.8 Å². The number of nitrogens with zero attached hydrogens (tertiary/aromatic N) is 2. The Labute approximate surface area is 169 Å². The molecule has 146 valence electrons. The van der Waals surface area contributed by atoms with E-state index < -0.39 is 0 Å². The number of pyridine rings is 1. The minimum atomic E-state index is -0.289. The molecule has 0 saturated heterocycles. The number of rotatable bonds is 6. The fraction of sp³-hybridized carbons (Fsp3) is 0.273. The first-order valence-electron chi connectivity index (χ1n) is 9.17. The molecule has 0 aliphatic rings. The molecule has 1 amide bonds.